The van der Waals surface area contributed by atoms with E-state index in [1.165, 1.54) is 0 Å². The maximum absolute atomic E-state index is 11.8. The van der Waals surface area contributed by atoms with Gasteiger partial charge in [-0.3, -0.25) is 4.79 Å². The Kier molecular flexibility index (Phi) is 6.81. The van der Waals surface area contributed by atoms with Gasteiger partial charge in [-0.2, -0.15) is 5.10 Å². The Morgan fingerprint density at radius 1 is 1.21 bits per heavy atom. The first-order valence-electron chi connectivity index (χ1n) is 7.15. The maximum atomic E-state index is 11.8. The van der Waals surface area contributed by atoms with Gasteiger partial charge in [0.1, 0.15) is 5.75 Å². The van der Waals surface area contributed by atoms with E-state index in [0.29, 0.717) is 0 Å². The topological polar surface area (TPSA) is 62.7 Å². The van der Waals surface area contributed by atoms with Crippen molar-refractivity contribution in [1.29, 1.82) is 0 Å². The maximum Gasteiger partial charge on any atom is 0.259 e. The van der Waals surface area contributed by atoms with Crippen molar-refractivity contribution < 1.29 is 9.53 Å². The molecule has 126 valence electrons. The van der Waals surface area contributed by atoms with Gasteiger partial charge in [-0.1, -0.05) is 31.9 Å². The SMILES string of the molecule is COc1ccc(/C=N/NC(=O)CNc2cc(Br)c(C)c(Br)c2)cc1. The van der Waals surface area contributed by atoms with Gasteiger partial charge < -0.3 is 10.1 Å². The first-order valence-corrected chi connectivity index (χ1v) is 8.73. The zero-order chi connectivity index (χ0) is 17.5. The molecule has 24 heavy (non-hydrogen) atoms. The molecule has 0 saturated carbocycles. The molecule has 0 fully saturated rings. The number of hydrogen-bond acceptors (Lipinski definition) is 4. The highest BCUT2D eigenvalue weighted by atomic mass is 79.9. The molecule has 0 heterocycles. The highest BCUT2D eigenvalue weighted by Gasteiger charge is 2.05. The van der Waals surface area contributed by atoms with E-state index in [9.17, 15) is 4.79 Å². The van der Waals surface area contributed by atoms with Gasteiger partial charge in [0, 0.05) is 14.6 Å². The molecule has 0 aromatic heterocycles. The standard InChI is InChI=1S/C17H17Br2N3O2/c1-11-15(18)7-13(8-16(11)19)20-10-17(23)22-21-9-12-3-5-14(24-2)6-4-12/h3-9,20H,10H2,1-2H3,(H,22,23)/b21-9+. The number of hydrazone groups is 1. The number of benzene rings is 2. The third-order valence-corrected chi connectivity index (χ3v) is 4.90. The van der Waals surface area contributed by atoms with Crippen molar-refractivity contribution in [2.75, 3.05) is 19.0 Å². The molecule has 0 atom stereocenters. The molecule has 2 N–H and O–H groups in total. The number of carbonyl (C=O) groups is 1. The van der Waals surface area contributed by atoms with Crippen LogP contribution in [0.1, 0.15) is 11.1 Å². The van der Waals surface area contributed by atoms with Crippen LogP contribution in [0.2, 0.25) is 0 Å². The molecule has 5 nitrogen and oxygen atoms in total. The lowest BCUT2D eigenvalue weighted by atomic mass is 10.2. The number of ether oxygens (including phenoxy) is 1. The van der Waals surface area contributed by atoms with Gasteiger partial charge in [0.05, 0.1) is 19.9 Å². The molecule has 0 spiro atoms. The summed E-state index contributed by atoms with van der Waals surface area (Å²) in [6, 6.07) is 11.2. The molecule has 0 aliphatic carbocycles. The van der Waals surface area contributed by atoms with Gasteiger partial charge in [0.25, 0.3) is 5.91 Å². The summed E-state index contributed by atoms with van der Waals surface area (Å²) in [5.74, 6) is 0.545. The van der Waals surface area contributed by atoms with Gasteiger partial charge in [-0.15, -0.1) is 0 Å². The number of amides is 1. The Balaban J connectivity index is 1.83. The van der Waals surface area contributed by atoms with Gasteiger partial charge >= 0.3 is 0 Å². The van der Waals surface area contributed by atoms with Crippen molar-refractivity contribution in [2.45, 2.75) is 6.92 Å². The van der Waals surface area contributed by atoms with Crippen LogP contribution in [-0.2, 0) is 4.79 Å². The summed E-state index contributed by atoms with van der Waals surface area (Å²) >= 11 is 6.96. The van der Waals surface area contributed by atoms with Crippen molar-refractivity contribution in [3.05, 3.63) is 56.5 Å². The highest BCUT2D eigenvalue weighted by Crippen LogP contribution is 2.28. The van der Waals surface area contributed by atoms with Crippen LogP contribution in [0.25, 0.3) is 0 Å². The number of nitrogens with zero attached hydrogens (tertiary/aromatic N) is 1. The molecular weight excluding hydrogens is 438 g/mol. The van der Waals surface area contributed by atoms with E-state index in [1.54, 1.807) is 13.3 Å². The molecule has 0 radical (unpaired) electrons. The van der Waals surface area contributed by atoms with Crippen molar-refractivity contribution in [3.8, 4) is 5.75 Å². The molecule has 0 aliphatic rings. The van der Waals surface area contributed by atoms with Gasteiger partial charge in [-0.25, -0.2) is 5.43 Å². The number of halogens is 2. The van der Waals surface area contributed by atoms with Crippen LogP contribution in [0, 0.1) is 6.92 Å². The average molecular weight is 455 g/mol. The molecular formula is C17H17Br2N3O2. The molecule has 0 unspecified atom stereocenters. The van der Waals surface area contributed by atoms with E-state index < -0.39 is 0 Å². The van der Waals surface area contributed by atoms with E-state index in [-0.39, 0.29) is 12.5 Å². The molecule has 0 bridgehead atoms. The first-order chi connectivity index (χ1) is 11.5. The lowest BCUT2D eigenvalue weighted by Gasteiger charge is -2.09. The van der Waals surface area contributed by atoms with E-state index in [0.717, 1.165) is 31.5 Å². The Morgan fingerprint density at radius 3 is 2.42 bits per heavy atom. The fraction of sp³-hybridized carbons (Fsp3) is 0.176. The Bertz CT molecular complexity index is 723. The third kappa shape index (κ3) is 5.35. The van der Waals surface area contributed by atoms with Crippen molar-refractivity contribution >= 4 is 49.7 Å². The smallest absolute Gasteiger partial charge is 0.259 e. The molecule has 2 aromatic rings. The number of hydrogen-bond donors (Lipinski definition) is 2. The van der Waals surface area contributed by atoms with Crippen LogP contribution in [0.15, 0.2) is 50.4 Å². The number of methoxy groups -OCH3 is 1. The molecule has 2 aromatic carbocycles. The van der Waals surface area contributed by atoms with Crippen LogP contribution in [0.4, 0.5) is 5.69 Å². The minimum Gasteiger partial charge on any atom is -0.497 e. The van der Waals surface area contributed by atoms with E-state index >= 15 is 0 Å². The fourth-order valence-corrected chi connectivity index (χ4v) is 3.02. The average Bonchev–Trinajstić information content (AvgIpc) is 2.58. The molecule has 2 rings (SSSR count). The lowest BCUT2D eigenvalue weighted by molar-refractivity contribution is -0.119. The summed E-state index contributed by atoms with van der Waals surface area (Å²) in [5.41, 5.74) is 5.30. The van der Waals surface area contributed by atoms with E-state index in [4.69, 9.17) is 4.74 Å². The second kappa shape index (κ2) is 8.84. The second-order valence-electron chi connectivity index (χ2n) is 4.98. The van der Waals surface area contributed by atoms with Crippen LogP contribution in [0.5, 0.6) is 5.75 Å². The summed E-state index contributed by atoms with van der Waals surface area (Å²) < 4.78 is 7.02. The van der Waals surface area contributed by atoms with Crippen molar-refractivity contribution in [2.24, 2.45) is 5.10 Å². The van der Waals surface area contributed by atoms with E-state index in [1.807, 2.05) is 43.3 Å². The van der Waals surface area contributed by atoms with E-state index in [2.05, 4.69) is 47.7 Å². The first kappa shape index (κ1) is 18.5. The zero-order valence-electron chi connectivity index (χ0n) is 13.3. The Hall–Kier alpha value is -1.86. The molecule has 7 heteroatoms. The number of carbonyl (C=O) groups excluding carboxylic acids is 1. The molecule has 0 aliphatic heterocycles. The Labute approximate surface area is 157 Å². The normalized spacial score (nSPS) is 10.7. The third-order valence-electron chi connectivity index (χ3n) is 3.25. The molecule has 1 amide bonds. The summed E-state index contributed by atoms with van der Waals surface area (Å²) in [6.07, 6.45) is 1.58. The molecule has 0 saturated heterocycles. The minimum atomic E-state index is -0.229. The van der Waals surface area contributed by atoms with Gasteiger partial charge in [-0.05, 0) is 54.4 Å². The van der Waals surface area contributed by atoms with Gasteiger partial charge in [0.15, 0.2) is 0 Å². The quantitative estimate of drug-likeness (QED) is 0.510. The Morgan fingerprint density at radius 2 is 1.83 bits per heavy atom. The van der Waals surface area contributed by atoms with Crippen molar-refractivity contribution in [3.63, 3.8) is 0 Å². The monoisotopic (exact) mass is 453 g/mol. The van der Waals surface area contributed by atoms with Crippen molar-refractivity contribution in [1.82, 2.24) is 5.43 Å². The van der Waals surface area contributed by atoms with Crippen LogP contribution in [0.3, 0.4) is 0 Å². The van der Waals surface area contributed by atoms with Crippen LogP contribution >= 0.6 is 31.9 Å². The van der Waals surface area contributed by atoms with Gasteiger partial charge in [0.2, 0.25) is 0 Å². The number of anilines is 1. The largest absolute Gasteiger partial charge is 0.497 e. The fourth-order valence-electron chi connectivity index (χ4n) is 1.84. The predicted octanol–water partition coefficient (Wildman–Crippen LogP) is 4.09. The summed E-state index contributed by atoms with van der Waals surface area (Å²) in [5, 5.41) is 6.99. The summed E-state index contributed by atoms with van der Waals surface area (Å²) in [7, 11) is 1.61. The summed E-state index contributed by atoms with van der Waals surface area (Å²) in [6.45, 7) is 2.13. The number of nitrogens with one attached hydrogen (secondary N) is 2. The summed E-state index contributed by atoms with van der Waals surface area (Å²) in [4.78, 5) is 11.8. The highest BCUT2D eigenvalue weighted by molar-refractivity contribution is 9.11. The lowest BCUT2D eigenvalue weighted by Crippen LogP contribution is -2.25. The minimum absolute atomic E-state index is 0.127. The predicted molar refractivity (Wildman–Crippen MR) is 104 cm³/mol. The van der Waals surface area contributed by atoms with Crippen LogP contribution in [-0.4, -0.2) is 25.8 Å². The number of rotatable bonds is 6. The zero-order valence-corrected chi connectivity index (χ0v) is 16.4. The second-order valence-corrected chi connectivity index (χ2v) is 6.69. The van der Waals surface area contributed by atoms with Crippen LogP contribution < -0.4 is 15.5 Å².